The van der Waals surface area contributed by atoms with Gasteiger partial charge in [0.2, 0.25) is 11.8 Å². The lowest BCUT2D eigenvalue weighted by molar-refractivity contribution is -0.121. The van der Waals surface area contributed by atoms with E-state index < -0.39 is 17.1 Å². The van der Waals surface area contributed by atoms with Crippen LogP contribution in [-0.2, 0) is 14.4 Å². The third kappa shape index (κ3) is 8.79. The van der Waals surface area contributed by atoms with E-state index in [0.717, 1.165) is 4.90 Å². The Morgan fingerprint density at radius 3 is 2.24 bits per heavy atom. The van der Waals surface area contributed by atoms with Gasteiger partial charge >= 0.3 is 0 Å². The van der Waals surface area contributed by atoms with Gasteiger partial charge in [-0.2, -0.15) is 0 Å². The summed E-state index contributed by atoms with van der Waals surface area (Å²) in [6, 6.07) is 34.1. The van der Waals surface area contributed by atoms with Gasteiger partial charge in [0.05, 0.1) is 23.1 Å². The molecule has 6 rings (SSSR count). The number of nitrogens with one attached hydrogen (secondary N) is 2. The van der Waals surface area contributed by atoms with Crippen molar-refractivity contribution in [2.75, 3.05) is 17.3 Å². The van der Waals surface area contributed by atoms with E-state index in [1.54, 1.807) is 121 Å². The van der Waals surface area contributed by atoms with Gasteiger partial charge in [0.25, 0.3) is 11.8 Å². The highest BCUT2D eigenvalue weighted by atomic mass is 35.5. The highest BCUT2D eigenvalue weighted by Crippen LogP contribution is 2.37. The van der Waals surface area contributed by atoms with Crippen LogP contribution in [0.5, 0.6) is 17.2 Å². The fourth-order valence-electron chi connectivity index (χ4n) is 5.15. The molecule has 9 nitrogen and oxygen atoms in total. The largest absolute Gasteiger partial charge is 0.495 e. The molecule has 0 aliphatic carbocycles. The monoisotopic (exact) mass is 737 g/mol. The lowest BCUT2D eigenvalue weighted by Crippen LogP contribution is -2.31. The summed E-state index contributed by atoms with van der Waals surface area (Å²) < 4.78 is 11.0. The molecule has 0 aromatic heterocycles. The number of anilines is 2. The number of methoxy groups -OCH3 is 1. The number of halogens is 2. The molecule has 1 atom stereocenters. The number of carbonyl (C=O) groups is 4. The van der Waals surface area contributed by atoms with Gasteiger partial charge in [-0.25, -0.2) is 4.90 Å². The second-order valence-corrected chi connectivity index (χ2v) is 13.3. The quantitative estimate of drug-likeness (QED) is 0.103. The van der Waals surface area contributed by atoms with Gasteiger partial charge < -0.3 is 20.1 Å². The molecular weight excluding hydrogens is 709 g/mol. The van der Waals surface area contributed by atoms with Crippen molar-refractivity contribution in [2.45, 2.75) is 16.6 Å². The molecule has 1 aliphatic heterocycles. The van der Waals surface area contributed by atoms with Crippen LogP contribution < -0.4 is 25.0 Å². The number of nitrogens with zero attached hydrogens (tertiary/aromatic N) is 1. The smallest absolute Gasteiger partial charge is 0.272 e. The molecule has 0 spiro atoms. The maximum atomic E-state index is 13.7. The predicted molar refractivity (Wildman–Crippen MR) is 200 cm³/mol. The molecule has 0 bridgehead atoms. The molecule has 1 saturated heterocycles. The molecule has 51 heavy (non-hydrogen) atoms. The van der Waals surface area contributed by atoms with Gasteiger partial charge in [0, 0.05) is 27.6 Å². The summed E-state index contributed by atoms with van der Waals surface area (Å²) >= 11 is 13.4. The van der Waals surface area contributed by atoms with Gasteiger partial charge in [0.15, 0.2) is 0 Å². The van der Waals surface area contributed by atoms with Crippen molar-refractivity contribution >= 4 is 76.0 Å². The number of ether oxygens (including phenoxy) is 2. The lowest BCUT2D eigenvalue weighted by Gasteiger charge is -2.16. The van der Waals surface area contributed by atoms with E-state index in [1.807, 2.05) is 0 Å². The van der Waals surface area contributed by atoms with Crippen LogP contribution in [0.25, 0.3) is 6.08 Å². The van der Waals surface area contributed by atoms with Crippen LogP contribution in [0.2, 0.25) is 10.0 Å². The topological polar surface area (TPSA) is 114 Å². The fraction of sp³-hybridized carbons (Fsp3) is 0.0769. The third-order valence-electron chi connectivity index (χ3n) is 7.64. The van der Waals surface area contributed by atoms with Crippen LogP contribution in [0.3, 0.4) is 0 Å². The van der Waals surface area contributed by atoms with E-state index >= 15 is 0 Å². The molecule has 1 aliphatic rings. The van der Waals surface area contributed by atoms with Gasteiger partial charge in [-0.1, -0.05) is 59.6 Å². The first-order valence-electron chi connectivity index (χ1n) is 15.6. The van der Waals surface area contributed by atoms with Gasteiger partial charge in [0.1, 0.15) is 22.9 Å². The zero-order chi connectivity index (χ0) is 35.9. The number of amides is 4. The first-order valence-corrected chi connectivity index (χ1v) is 17.2. The van der Waals surface area contributed by atoms with Crippen LogP contribution in [0.15, 0.2) is 132 Å². The molecule has 1 fully saturated rings. The molecule has 5 aromatic carbocycles. The van der Waals surface area contributed by atoms with Crippen LogP contribution in [0.4, 0.5) is 11.4 Å². The van der Waals surface area contributed by atoms with E-state index in [1.165, 1.54) is 24.9 Å². The minimum atomic E-state index is -0.684. The van der Waals surface area contributed by atoms with Crippen molar-refractivity contribution in [1.29, 1.82) is 0 Å². The van der Waals surface area contributed by atoms with Crippen LogP contribution >= 0.6 is 35.0 Å². The Labute approximate surface area is 308 Å². The molecule has 1 heterocycles. The summed E-state index contributed by atoms with van der Waals surface area (Å²) in [5.41, 5.74) is 1.79. The Hall–Kier alpha value is -5.55. The summed E-state index contributed by atoms with van der Waals surface area (Å²) in [7, 11) is 1.48. The normalized spacial score (nSPS) is 14.3. The number of hydrogen-bond acceptors (Lipinski definition) is 7. The highest BCUT2D eigenvalue weighted by Gasteiger charge is 2.40. The Morgan fingerprint density at radius 1 is 0.843 bits per heavy atom. The van der Waals surface area contributed by atoms with Gasteiger partial charge in [-0.15, -0.1) is 11.8 Å². The van der Waals surface area contributed by atoms with Crippen molar-refractivity contribution in [1.82, 2.24) is 5.32 Å². The Morgan fingerprint density at radius 2 is 1.55 bits per heavy atom. The second-order valence-electron chi connectivity index (χ2n) is 11.2. The fourth-order valence-corrected chi connectivity index (χ4v) is 6.64. The average Bonchev–Trinajstić information content (AvgIpc) is 3.41. The van der Waals surface area contributed by atoms with Crippen molar-refractivity contribution < 1.29 is 28.7 Å². The van der Waals surface area contributed by atoms with E-state index in [4.69, 9.17) is 32.7 Å². The number of rotatable bonds is 11. The summed E-state index contributed by atoms with van der Waals surface area (Å²) in [5.74, 6) is -0.146. The maximum absolute atomic E-state index is 13.7. The van der Waals surface area contributed by atoms with Crippen LogP contribution in [0, 0.1) is 0 Å². The van der Waals surface area contributed by atoms with Crippen molar-refractivity contribution in [3.05, 3.63) is 148 Å². The zero-order valence-corrected chi connectivity index (χ0v) is 29.3. The standard InChI is InChI=1S/C39H29Cl2N3O6S/c1-49-34-19-14-28(22-32(34)41)44-36(45)23-35(39(44)48)51-31-9-5-8-27(21-31)42-38(47)33(43-37(46)25-6-3-2-4-7-25)20-24-10-15-29(16-11-24)50-30-17-12-26(40)13-18-30/h2-22,35H,23H2,1H3,(H,42,47)(H,43,46)/b33-20-. The van der Waals surface area contributed by atoms with E-state index in [2.05, 4.69) is 10.6 Å². The molecule has 1 unspecified atom stereocenters. The first-order chi connectivity index (χ1) is 24.7. The number of thioether (sulfide) groups is 1. The summed E-state index contributed by atoms with van der Waals surface area (Å²) in [4.78, 5) is 54.8. The molecule has 2 N–H and O–H groups in total. The maximum Gasteiger partial charge on any atom is 0.272 e. The minimum Gasteiger partial charge on any atom is -0.495 e. The van der Waals surface area contributed by atoms with E-state index in [9.17, 15) is 19.2 Å². The molecule has 5 aromatic rings. The Bertz CT molecular complexity index is 2130. The number of imide groups is 1. The van der Waals surface area contributed by atoms with Crippen molar-refractivity contribution in [3.63, 3.8) is 0 Å². The van der Waals surface area contributed by atoms with Crippen LogP contribution in [0.1, 0.15) is 22.3 Å². The third-order valence-corrected chi connectivity index (χ3v) is 9.36. The number of benzene rings is 5. The van der Waals surface area contributed by atoms with E-state index in [-0.39, 0.29) is 29.0 Å². The summed E-state index contributed by atoms with van der Waals surface area (Å²) in [5, 5.41) is 5.77. The van der Waals surface area contributed by atoms with Gasteiger partial charge in [-0.05, 0) is 96.6 Å². The zero-order valence-electron chi connectivity index (χ0n) is 27.0. The van der Waals surface area contributed by atoms with Crippen molar-refractivity contribution in [2.24, 2.45) is 0 Å². The van der Waals surface area contributed by atoms with Gasteiger partial charge in [-0.3, -0.25) is 19.2 Å². The van der Waals surface area contributed by atoms with E-state index in [0.29, 0.717) is 49.7 Å². The summed E-state index contributed by atoms with van der Waals surface area (Å²) in [6.07, 6.45) is 1.55. The van der Waals surface area contributed by atoms with Crippen LogP contribution in [-0.4, -0.2) is 36.0 Å². The Balaban J connectivity index is 1.18. The molecule has 4 amide bonds. The number of hydrogen-bond donors (Lipinski definition) is 2. The number of carbonyl (C=O) groups excluding carboxylic acids is 4. The molecule has 256 valence electrons. The molecular formula is C39H29Cl2N3O6S. The molecule has 0 radical (unpaired) electrons. The summed E-state index contributed by atoms with van der Waals surface area (Å²) in [6.45, 7) is 0. The lowest BCUT2D eigenvalue weighted by atomic mass is 10.1. The predicted octanol–water partition coefficient (Wildman–Crippen LogP) is 8.63. The second kappa shape index (κ2) is 16.0. The Kier molecular flexibility index (Phi) is 11.1. The minimum absolute atomic E-state index is 0.00126. The molecule has 0 saturated carbocycles. The average molecular weight is 739 g/mol. The molecule has 12 heteroatoms. The first kappa shape index (κ1) is 35.3. The van der Waals surface area contributed by atoms with Crippen molar-refractivity contribution in [3.8, 4) is 17.2 Å². The SMILES string of the molecule is COc1ccc(N2C(=O)CC(Sc3cccc(NC(=O)/C(=C/c4ccc(Oc5ccc(Cl)cc5)cc4)NC(=O)c4ccccc4)c3)C2=O)cc1Cl. The highest BCUT2D eigenvalue weighted by molar-refractivity contribution is 8.00.